The van der Waals surface area contributed by atoms with Gasteiger partial charge in [0.15, 0.2) is 11.2 Å². The van der Waals surface area contributed by atoms with E-state index in [-0.39, 0.29) is 0 Å². The lowest BCUT2D eigenvalue weighted by atomic mass is 10.3. The van der Waals surface area contributed by atoms with Crippen LogP contribution in [-0.4, -0.2) is 41.9 Å². The highest BCUT2D eigenvalue weighted by molar-refractivity contribution is 5.72. The first-order chi connectivity index (χ1) is 14.3. The fourth-order valence-corrected chi connectivity index (χ4v) is 2.92. The van der Waals surface area contributed by atoms with Gasteiger partial charge in [-0.1, -0.05) is 23.4 Å². The molecule has 3 heterocycles. The summed E-state index contributed by atoms with van der Waals surface area (Å²) in [5, 5.41) is 15.9. The molecule has 0 atom stereocenters. The van der Waals surface area contributed by atoms with Crippen LogP contribution in [0.1, 0.15) is 0 Å². The number of para-hydroxylation sites is 1. The van der Waals surface area contributed by atoms with E-state index >= 15 is 0 Å². The predicted octanol–water partition coefficient (Wildman–Crippen LogP) is 3.15. The molecule has 0 aliphatic rings. The molecule has 0 unspecified atom stereocenters. The van der Waals surface area contributed by atoms with Crippen molar-refractivity contribution in [1.29, 1.82) is 0 Å². The third kappa shape index (κ3) is 3.25. The molecule has 0 radical (unpaired) electrons. The maximum absolute atomic E-state index is 5.20. The van der Waals surface area contributed by atoms with Crippen molar-refractivity contribution in [2.45, 2.75) is 0 Å². The van der Waals surface area contributed by atoms with Crippen LogP contribution in [-0.2, 0) is 0 Å². The molecule has 29 heavy (non-hydrogen) atoms. The Labute approximate surface area is 165 Å². The average molecular weight is 384 g/mol. The highest BCUT2D eigenvalue weighted by Crippen LogP contribution is 2.20. The molecule has 2 aromatic carbocycles. The lowest BCUT2D eigenvalue weighted by Gasteiger charge is -2.05. The van der Waals surface area contributed by atoms with Crippen LogP contribution < -0.4 is 10.1 Å². The van der Waals surface area contributed by atoms with E-state index in [1.807, 2.05) is 60.8 Å². The Morgan fingerprint density at radius 2 is 1.76 bits per heavy atom. The predicted molar refractivity (Wildman–Crippen MR) is 108 cm³/mol. The summed E-state index contributed by atoms with van der Waals surface area (Å²) < 4.78 is 8.65. The molecule has 3 aromatic heterocycles. The Morgan fingerprint density at radius 3 is 2.55 bits per heavy atom. The van der Waals surface area contributed by atoms with Crippen molar-refractivity contribution in [3.63, 3.8) is 0 Å². The molecule has 0 fully saturated rings. The first-order valence-corrected chi connectivity index (χ1v) is 8.90. The molecule has 9 nitrogen and oxygen atoms in total. The van der Waals surface area contributed by atoms with Crippen LogP contribution in [0.3, 0.4) is 0 Å². The van der Waals surface area contributed by atoms with Crippen molar-refractivity contribution in [1.82, 2.24) is 34.7 Å². The summed E-state index contributed by atoms with van der Waals surface area (Å²) in [6, 6.07) is 17.4. The molecule has 9 heteroatoms. The lowest BCUT2D eigenvalue weighted by molar-refractivity contribution is 0.414. The second kappa shape index (κ2) is 7.04. The number of nitrogens with zero attached hydrogens (tertiary/aromatic N) is 7. The SMILES string of the molecule is COc1ccc(-n2nnc3cnc(Nc4cnn(-c5ccccc5)c4)nc32)cc1. The van der Waals surface area contributed by atoms with E-state index in [0.717, 1.165) is 22.8 Å². The maximum atomic E-state index is 5.20. The Morgan fingerprint density at radius 1 is 0.931 bits per heavy atom. The molecule has 0 aliphatic carbocycles. The number of aromatic nitrogens is 7. The molecule has 0 amide bonds. The van der Waals surface area contributed by atoms with Gasteiger partial charge >= 0.3 is 0 Å². The van der Waals surface area contributed by atoms with E-state index in [0.29, 0.717) is 17.1 Å². The maximum Gasteiger partial charge on any atom is 0.229 e. The molecule has 5 aromatic rings. The minimum Gasteiger partial charge on any atom is -0.497 e. The number of rotatable bonds is 5. The van der Waals surface area contributed by atoms with E-state index < -0.39 is 0 Å². The molecule has 0 saturated heterocycles. The monoisotopic (exact) mass is 384 g/mol. The van der Waals surface area contributed by atoms with Crippen LogP contribution >= 0.6 is 0 Å². The second-order valence-corrected chi connectivity index (χ2v) is 6.24. The van der Waals surface area contributed by atoms with Crippen LogP contribution in [0.25, 0.3) is 22.5 Å². The lowest BCUT2D eigenvalue weighted by Crippen LogP contribution is -2.01. The fourth-order valence-electron chi connectivity index (χ4n) is 2.92. The minimum absolute atomic E-state index is 0.433. The van der Waals surface area contributed by atoms with Crippen molar-refractivity contribution in [2.75, 3.05) is 12.4 Å². The summed E-state index contributed by atoms with van der Waals surface area (Å²) in [6.07, 6.45) is 5.24. The topological polar surface area (TPSA) is 95.6 Å². The van der Waals surface area contributed by atoms with Gasteiger partial charge in [0.25, 0.3) is 0 Å². The molecule has 0 spiro atoms. The van der Waals surface area contributed by atoms with Gasteiger partial charge in [0.1, 0.15) is 5.75 Å². The highest BCUT2D eigenvalue weighted by Gasteiger charge is 2.11. The summed E-state index contributed by atoms with van der Waals surface area (Å²) in [5.41, 5.74) is 3.78. The summed E-state index contributed by atoms with van der Waals surface area (Å²) in [5.74, 6) is 1.20. The van der Waals surface area contributed by atoms with Crippen LogP contribution in [0.15, 0.2) is 73.2 Å². The number of fused-ring (bicyclic) bond motifs is 1. The normalized spacial score (nSPS) is 10.9. The van der Waals surface area contributed by atoms with Crippen LogP contribution in [0.5, 0.6) is 5.75 Å². The molecule has 0 aliphatic heterocycles. The Hall–Kier alpha value is -4.27. The highest BCUT2D eigenvalue weighted by atomic mass is 16.5. The Bertz CT molecular complexity index is 1260. The van der Waals surface area contributed by atoms with Gasteiger partial charge < -0.3 is 10.1 Å². The van der Waals surface area contributed by atoms with E-state index in [4.69, 9.17) is 4.74 Å². The van der Waals surface area contributed by atoms with Crippen molar-refractivity contribution >= 4 is 22.8 Å². The number of hydrogen-bond donors (Lipinski definition) is 1. The fraction of sp³-hybridized carbons (Fsp3) is 0.0500. The van der Waals surface area contributed by atoms with Gasteiger partial charge in [0.2, 0.25) is 5.95 Å². The number of hydrogen-bond acceptors (Lipinski definition) is 7. The number of benzene rings is 2. The van der Waals surface area contributed by atoms with Crippen molar-refractivity contribution < 1.29 is 4.74 Å². The van der Waals surface area contributed by atoms with E-state index in [2.05, 4.69) is 30.7 Å². The van der Waals surface area contributed by atoms with E-state index in [1.165, 1.54) is 0 Å². The molecule has 0 saturated carbocycles. The second-order valence-electron chi connectivity index (χ2n) is 6.24. The zero-order chi connectivity index (χ0) is 19.6. The van der Waals surface area contributed by atoms with Gasteiger partial charge in [-0.3, -0.25) is 0 Å². The minimum atomic E-state index is 0.433. The number of methoxy groups -OCH3 is 1. The standard InChI is InChI=1S/C20H16N8O/c1-29-17-9-7-16(8-10-17)28-19-18(25-26-28)12-21-20(24-19)23-14-11-22-27(13-14)15-5-3-2-4-6-15/h2-13H,1H3,(H,21,23,24). The average Bonchev–Trinajstić information content (AvgIpc) is 3.41. The van der Waals surface area contributed by atoms with Crippen LogP contribution in [0.4, 0.5) is 11.6 Å². The first kappa shape index (κ1) is 16.9. The zero-order valence-corrected chi connectivity index (χ0v) is 15.5. The molecular formula is C20H16N8O. The molecule has 5 rings (SSSR count). The van der Waals surface area contributed by atoms with Gasteiger partial charge in [0.05, 0.1) is 42.8 Å². The third-order valence-corrected chi connectivity index (χ3v) is 4.37. The molecule has 142 valence electrons. The third-order valence-electron chi connectivity index (χ3n) is 4.37. The number of anilines is 2. The number of nitrogens with one attached hydrogen (secondary N) is 1. The van der Waals surface area contributed by atoms with Crippen molar-refractivity contribution in [3.05, 3.63) is 73.2 Å². The van der Waals surface area contributed by atoms with Gasteiger partial charge in [-0.2, -0.15) is 14.8 Å². The quantitative estimate of drug-likeness (QED) is 0.497. The summed E-state index contributed by atoms with van der Waals surface area (Å²) in [6.45, 7) is 0. The van der Waals surface area contributed by atoms with Gasteiger partial charge in [-0.25, -0.2) is 9.67 Å². The number of ether oxygens (including phenoxy) is 1. The molecule has 0 bridgehead atoms. The van der Waals surface area contributed by atoms with Gasteiger partial charge in [-0.15, -0.1) is 5.10 Å². The largest absolute Gasteiger partial charge is 0.497 e. The summed E-state index contributed by atoms with van der Waals surface area (Å²) >= 11 is 0. The van der Waals surface area contributed by atoms with Gasteiger partial charge in [0, 0.05) is 0 Å². The van der Waals surface area contributed by atoms with Crippen LogP contribution in [0, 0.1) is 0 Å². The van der Waals surface area contributed by atoms with Crippen molar-refractivity contribution in [2.24, 2.45) is 0 Å². The van der Waals surface area contributed by atoms with Gasteiger partial charge in [-0.05, 0) is 36.4 Å². The van der Waals surface area contributed by atoms with E-state index in [9.17, 15) is 0 Å². The molecule has 1 N–H and O–H groups in total. The van der Waals surface area contributed by atoms with Crippen LogP contribution in [0.2, 0.25) is 0 Å². The summed E-state index contributed by atoms with van der Waals surface area (Å²) in [4.78, 5) is 8.90. The molecular weight excluding hydrogens is 368 g/mol. The first-order valence-electron chi connectivity index (χ1n) is 8.90. The smallest absolute Gasteiger partial charge is 0.229 e. The zero-order valence-electron chi connectivity index (χ0n) is 15.5. The Balaban J connectivity index is 1.45. The Kier molecular flexibility index (Phi) is 4.10. The van der Waals surface area contributed by atoms with E-state index in [1.54, 1.807) is 28.9 Å². The summed E-state index contributed by atoms with van der Waals surface area (Å²) in [7, 11) is 1.63. The van der Waals surface area contributed by atoms with Crippen molar-refractivity contribution in [3.8, 4) is 17.1 Å².